The zero-order chi connectivity index (χ0) is 13.9. The van der Waals surface area contributed by atoms with Crippen LogP contribution in [0.25, 0.3) is 10.9 Å². The Bertz CT molecular complexity index is 734. The van der Waals surface area contributed by atoms with Gasteiger partial charge in [-0.25, -0.2) is 4.39 Å². The van der Waals surface area contributed by atoms with E-state index in [1.165, 1.54) is 12.1 Å². The molecule has 0 atom stereocenters. The second-order valence-corrected chi connectivity index (χ2v) is 5.59. The molecule has 3 rings (SSSR count). The maximum absolute atomic E-state index is 13.1. The highest BCUT2D eigenvalue weighted by molar-refractivity contribution is 7.10. The van der Waals surface area contributed by atoms with Crippen molar-refractivity contribution in [1.82, 2.24) is 10.3 Å². The fourth-order valence-corrected chi connectivity index (χ4v) is 2.79. The van der Waals surface area contributed by atoms with Crippen LogP contribution in [0.2, 0.25) is 0 Å². The Morgan fingerprint density at radius 3 is 3.00 bits per heavy atom. The lowest BCUT2D eigenvalue weighted by molar-refractivity contribution is -0.120. The fourth-order valence-electron chi connectivity index (χ4n) is 2.09. The second kappa shape index (κ2) is 5.46. The summed E-state index contributed by atoms with van der Waals surface area (Å²) in [6.07, 6.45) is 0.395. The lowest BCUT2D eigenvalue weighted by Crippen LogP contribution is -2.24. The van der Waals surface area contributed by atoms with E-state index >= 15 is 0 Å². The molecule has 1 amide bonds. The molecule has 0 saturated carbocycles. The van der Waals surface area contributed by atoms with Crippen LogP contribution in [0.5, 0.6) is 0 Å². The third kappa shape index (κ3) is 2.88. The first kappa shape index (κ1) is 12.9. The monoisotopic (exact) mass is 288 g/mol. The van der Waals surface area contributed by atoms with Crippen LogP contribution in [0.4, 0.5) is 4.39 Å². The predicted octanol–water partition coefficient (Wildman–Crippen LogP) is 3.23. The quantitative estimate of drug-likeness (QED) is 0.760. The first-order chi connectivity index (χ1) is 9.70. The average Bonchev–Trinajstić information content (AvgIpc) is 3.04. The number of hydrogen-bond acceptors (Lipinski definition) is 2. The summed E-state index contributed by atoms with van der Waals surface area (Å²) >= 11 is 1.57. The van der Waals surface area contributed by atoms with Crippen molar-refractivity contribution >= 4 is 28.1 Å². The van der Waals surface area contributed by atoms with Gasteiger partial charge >= 0.3 is 0 Å². The summed E-state index contributed by atoms with van der Waals surface area (Å²) < 4.78 is 13.1. The standard InChI is InChI=1S/C15H13FN2OS/c16-11-3-4-14-10(6-11)7-12(18-14)9-17-15(19)8-13-2-1-5-20-13/h1-7,18H,8-9H2,(H,17,19). The summed E-state index contributed by atoms with van der Waals surface area (Å²) in [4.78, 5) is 16.0. The zero-order valence-corrected chi connectivity index (χ0v) is 11.5. The van der Waals surface area contributed by atoms with E-state index < -0.39 is 0 Å². The van der Waals surface area contributed by atoms with E-state index in [1.807, 2.05) is 23.6 Å². The minimum Gasteiger partial charge on any atom is -0.357 e. The molecular weight excluding hydrogens is 275 g/mol. The molecule has 0 aliphatic rings. The van der Waals surface area contributed by atoms with Gasteiger partial charge in [-0.1, -0.05) is 6.07 Å². The minimum atomic E-state index is -0.259. The highest BCUT2D eigenvalue weighted by Gasteiger charge is 2.06. The van der Waals surface area contributed by atoms with Gasteiger partial charge in [0.2, 0.25) is 5.91 Å². The number of amides is 1. The van der Waals surface area contributed by atoms with E-state index in [2.05, 4.69) is 10.3 Å². The van der Waals surface area contributed by atoms with Crippen molar-refractivity contribution in [3.63, 3.8) is 0 Å². The summed E-state index contributed by atoms with van der Waals surface area (Å²) in [7, 11) is 0. The normalized spacial score (nSPS) is 10.8. The number of nitrogens with one attached hydrogen (secondary N) is 2. The van der Waals surface area contributed by atoms with Crippen LogP contribution in [0.1, 0.15) is 10.6 Å². The topological polar surface area (TPSA) is 44.9 Å². The molecule has 0 aliphatic carbocycles. The molecule has 0 aliphatic heterocycles. The number of aromatic nitrogens is 1. The van der Waals surface area contributed by atoms with Crippen molar-refractivity contribution in [2.45, 2.75) is 13.0 Å². The Morgan fingerprint density at radius 2 is 2.20 bits per heavy atom. The molecule has 0 radical (unpaired) electrons. The Hall–Kier alpha value is -2.14. The van der Waals surface area contributed by atoms with Gasteiger partial charge in [-0.3, -0.25) is 4.79 Å². The van der Waals surface area contributed by atoms with Crippen LogP contribution >= 0.6 is 11.3 Å². The third-order valence-corrected chi connectivity index (χ3v) is 3.91. The maximum Gasteiger partial charge on any atom is 0.225 e. The van der Waals surface area contributed by atoms with Gasteiger partial charge in [0.25, 0.3) is 0 Å². The van der Waals surface area contributed by atoms with Crippen molar-refractivity contribution in [2.24, 2.45) is 0 Å². The van der Waals surface area contributed by atoms with Crippen LogP contribution in [-0.4, -0.2) is 10.9 Å². The van der Waals surface area contributed by atoms with Crippen LogP contribution < -0.4 is 5.32 Å². The van der Waals surface area contributed by atoms with E-state index in [1.54, 1.807) is 17.4 Å². The van der Waals surface area contributed by atoms with Crippen LogP contribution in [0.15, 0.2) is 41.8 Å². The van der Waals surface area contributed by atoms with Crippen molar-refractivity contribution in [3.8, 4) is 0 Å². The number of carbonyl (C=O) groups is 1. The molecule has 102 valence electrons. The highest BCUT2D eigenvalue weighted by Crippen LogP contribution is 2.16. The van der Waals surface area contributed by atoms with Gasteiger partial charge in [0.05, 0.1) is 13.0 Å². The maximum atomic E-state index is 13.1. The number of hydrogen-bond donors (Lipinski definition) is 2. The van der Waals surface area contributed by atoms with Crippen molar-refractivity contribution in [2.75, 3.05) is 0 Å². The van der Waals surface area contributed by atoms with E-state index in [0.29, 0.717) is 13.0 Å². The molecule has 3 nitrogen and oxygen atoms in total. The van der Waals surface area contributed by atoms with Crippen LogP contribution in [-0.2, 0) is 17.8 Å². The molecule has 1 aromatic carbocycles. The van der Waals surface area contributed by atoms with Gasteiger partial charge in [-0.2, -0.15) is 0 Å². The van der Waals surface area contributed by atoms with Crippen LogP contribution in [0.3, 0.4) is 0 Å². The number of aromatic amines is 1. The number of H-pyrrole nitrogens is 1. The summed E-state index contributed by atoms with van der Waals surface area (Å²) in [6, 6.07) is 10.3. The predicted molar refractivity (Wildman–Crippen MR) is 78.1 cm³/mol. The number of thiophene rings is 1. The van der Waals surface area contributed by atoms with Gasteiger partial charge < -0.3 is 10.3 Å². The Morgan fingerprint density at radius 1 is 1.30 bits per heavy atom. The molecule has 0 fully saturated rings. The molecule has 0 bridgehead atoms. The van der Waals surface area contributed by atoms with Gasteiger partial charge in [-0.15, -0.1) is 11.3 Å². The molecule has 0 spiro atoms. The number of halogens is 1. The summed E-state index contributed by atoms with van der Waals surface area (Å²) in [5, 5.41) is 5.62. The number of rotatable bonds is 4. The minimum absolute atomic E-state index is 0.0164. The molecular formula is C15H13FN2OS. The second-order valence-electron chi connectivity index (χ2n) is 4.56. The van der Waals surface area contributed by atoms with Gasteiger partial charge in [0.15, 0.2) is 0 Å². The molecule has 0 unspecified atom stereocenters. The number of fused-ring (bicyclic) bond motifs is 1. The van der Waals surface area contributed by atoms with E-state index in [9.17, 15) is 9.18 Å². The lowest BCUT2D eigenvalue weighted by Gasteiger charge is -2.02. The smallest absolute Gasteiger partial charge is 0.225 e. The van der Waals surface area contributed by atoms with Crippen molar-refractivity contribution in [1.29, 1.82) is 0 Å². The first-order valence-corrected chi connectivity index (χ1v) is 7.15. The van der Waals surface area contributed by atoms with Gasteiger partial charge in [0.1, 0.15) is 5.82 Å². The Balaban J connectivity index is 1.63. The zero-order valence-electron chi connectivity index (χ0n) is 10.7. The first-order valence-electron chi connectivity index (χ1n) is 6.27. The molecule has 2 heterocycles. The Kier molecular flexibility index (Phi) is 3.52. The van der Waals surface area contributed by atoms with E-state index in [-0.39, 0.29) is 11.7 Å². The molecule has 2 N–H and O–H groups in total. The SMILES string of the molecule is O=C(Cc1cccs1)NCc1cc2cc(F)ccc2[nH]1. The molecule has 5 heteroatoms. The van der Waals surface area contributed by atoms with E-state index in [0.717, 1.165) is 21.5 Å². The Labute approximate surface area is 119 Å². The van der Waals surface area contributed by atoms with Crippen molar-refractivity contribution in [3.05, 3.63) is 58.2 Å². The lowest BCUT2D eigenvalue weighted by atomic mass is 10.2. The summed E-state index contributed by atoms with van der Waals surface area (Å²) in [5.41, 5.74) is 1.74. The van der Waals surface area contributed by atoms with Crippen LogP contribution in [0, 0.1) is 5.82 Å². The largest absolute Gasteiger partial charge is 0.357 e. The molecule has 0 saturated heterocycles. The molecule has 3 aromatic rings. The van der Waals surface area contributed by atoms with Gasteiger partial charge in [0, 0.05) is 21.5 Å². The molecule has 2 aromatic heterocycles. The summed E-state index contributed by atoms with van der Waals surface area (Å²) in [6.45, 7) is 0.417. The van der Waals surface area contributed by atoms with E-state index in [4.69, 9.17) is 0 Å². The third-order valence-electron chi connectivity index (χ3n) is 3.03. The number of benzene rings is 1. The fraction of sp³-hybridized carbons (Fsp3) is 0.133. The number of carbonyl (C=O) groups excluding carboxylic acids is 1. The van der Waals surface area contributed by atoms with Gasteiger partial charge in [-0.05, 0) is 35.7 Å². The average molecular weight is 288 g/mol. The van der Waals surface area contributed by atoms with Crippen molar-refractivity contribution < 1.29 is 9.18 Å². The summed E-state index contributed by atoms with van der Waals surface area (Å²) in [5.74, 6) is -0.276. The highest BCUT2D eigenvalue weighted by atomic mass is 32.1. The molecule has 20 heavy (non-hydrogen) atoms.